The van der Waals surface area contributed by atoms with E-state index in [1.54, 1.807) is 6.26 Å². The molecule has 2 heterocycles. The van der Waals surface area contributed by atoms with Crippen LogP contribution < -0.4 is 5.32 Å². The van der Waals surface area contributed by atoms with E-state index in [-0.39, 0.29) is 11.7 Å². The van der Waals surface area contributed by atoms with Gasteiger partial charge in [0.15, 0.2) is 11.4 Å². The molecule has 0 spiro atoms. The molecule has 7 nitrogen and oxygen atoms in total. The van der Waals surface area contributed by atoms with Gasteiger partial charge in [0.2, 0.25) is 0 Å². The van der Waals surface area contributed by atoms with Gasteiger partial charge in [-0.15, -0.1) is 11.8 Å². The van der Waals surface area contributed by atoms with Crippen molar-refractivity contribution in [2.75, 3.05) is 19.4 Å². The minimum absolute atomic E-state index is 0.120. The molecule has 0 aromatic carbocycles. The van der Waals surface area contributed by atoms with E-state index in [1.165, 1.54) is 25.6 Å². The van der Waals surface area contributed by atoms with Crippen LogP contribution in [0.25, 0.3) is 0 Å². The van der Waals surface area contributed by atoms with Gasteiger partial charge in [-0.25, -0.2) is 9.59 Å². The summed E-state index contributed by atoms with van der Waals surface area (Å²) in [7, 11) is 0. The first-order valence-corrected chi connectivity index (χ1v) is 8.16. The summed E-state index contributed by atoms with van der Waals surface area (Å²) in [4.78, 5) is 24.1. The molecule has 2 aliphatic rings. The second kappa shape index (κ2) is 6.10. The molecule has 8 heteroatoms. The Bertz CT molecular complexity index is 491. The third-order valence-corrected chi connectivity index (χ3v) is 3.83. The molecular weight excluding hydrogens is 310 g/mol. The Hall–Kier alpha value is -1.25. The molecule has 0 aliphatic carbocycles. The zero-order chi connectivity index (χ0) is 16.5. The van der Waals surface area contributed by atoms with E-state index in [2.05, 4.69) is 5.32 Å². The van der Waals surface area contributed by atoms with Gasteiger partial charge in [0.1, 0.15) is 6.10 Å². The van der Waals surface area contributed by atoms with Crippen molar-refractivity contribution in [3.63, 3.8) is 0 Å². The highest BCUT2D eigenvalue weighted by atomic mass is 32.2. The van der Waals surface area contributed by atoms with E-state index in [4.69, 9.17) is 18.9 Å². The second-order valence-electron chi connectivity index (χ2n) is 5.92. The largest absolute Gasteiger partial charge is 0.419 e. The third kappa shape index (κ3) is 3.93. The smallest absolute Gasteiger partial charge is 0.351 e. The highest BCUT2D eigenvalue weighted by Gasteiger charge is 2.41. The molecule has 2 fully saturated rings. The third-order valence-electron chi connectivity index (χ3n) is 3.07. The van der Waals surface area contributed by atoms with Crippen LogP contribution in [-0.4, -0.2) is 49.0 Å². The van der Waals surface area contributed by atoms with Crippen LogP contribution in [0.4, 0.5) is 0 Å². The van der Waals surface area contributed by atoms with Gasteiger partial charge in [-0.2, -0.15) is 0 Å². The maximum absolute atomic E-state index is 12.0. The van der Waals surface area contributed by atoms with Gasteiger partial charge < -0.3 is 24.3 Å². The Morgan fingerprint density at radius 2 is 1.77 bits per heavy atom. The molecule has 124 valence electrons. The number of hydrogen-bond acceptors (Lipinski definition) is 8. The highest BCUT2D eigenvalue weighted by molar-refractivity contribution is 8.02. The monoisotopic (exact) mass is 331 g/mol. The van der Waals surface area contributed by atoms with Crippen LogP contribution >= 0.6 is 11.8 Å². The lowest BCUT2D eigenvalue weighted by atomic mass is 10.2. The predicted molar refractivity (Wildman–Crippen MR) is 79.7 cm³/mol. The summed E-state index contributed by atoms with van der Waals surface area (Å²) in [6, 6.07) is 0. The van der Waals surface area contributed by atoms with Crippen molar-refractivity contribution in [1.82, 2.24) is 5.32 Å². The Kier molecular flexibility index (Phi) is 4.74. The number of nitrogens with one attached hydrogen (secondary N) is 1. The summed E-state index contributed by atoms with van der Waals surface area (Å²) in [5.74, 6) is -3.25. The van der Waals surface area contributed by atoms with Crippen LogP contribution in [0.1, 0.15) is 27.7 Å². The van der Waals surface area contributed by atoms with Gasteiger partial charge in [0, 0.05) is 20.4 Å². The van der Waals surface area contributed by atoms with Crippen molar-refractivity contribution in [3.8, 4) is 0 Å². The number of rotatable bonds is 4. The van der Waals surface area contributed by atoms with Crippen LogP contribution in [0.3, 0.4) is 0 Å². The summed E-state index contributed by atoms with van der Waals surface area (Å²) in [5.41, 5.74) is -0.120. The second-order valence-corrected chi connectivity index (χ2v) is 6.74. The van der Waals surface area contributed by atoms with Crippen LogP contribution in [0, 0.1) is 0 Å². The zero-order valence-corrected chi connectivity index (χ0v) is 14.2. The fraction of sp³-hybridized carbons (Fsp3) is 0.714. The van der Waals surface area contributed by atoms with Gasteiger partial charge in [-0.1, -0.05) is 0 Å². The molecular formula is C14H21NO6S. The number of carbonyl (C=O) groups excluding carboxylic acids is 2. The quantitative estimate of drug-likeness (QED) is 0.466. The molecule has 1 unspecified atom stereocenters. The molecule has 0 bridgehead atoms. The van der Waals surface area contributed by atoms with Gasteiger partial charge in [0.25, 0.3) is 5.79 Å². The standard InChI is InChI=1S/C14H21NO6S/c1-13(2)18-7-8(19-13)6-15-10(22-5)9-11(16)20-14(3,4)21-12(9)17/h8,15H,6-7H2,1-5H3. The SMILES string of the molecule is CSC(NCC1COC(C)(C)O1)=C1C(=O)OC(C)(C)OC1=O. The van der Waals surface area contributed by atoms with Gasteiger partial charge in [-0.3, -0.25) is 0 Å². The first kappa shape index (κ1) is 17.1. The summed E-state index contributed by atoms with van der Waals surface area (Å²) in [5, 5.41) is 3.44. The van der Waals surface area contributed by atoms with Crippen molar-refractivity contribution in [3.05, 3.63) is 10.6 Å². The van der Waals surface area contributed by atoms with E-state index < -0.39 is 23.5 Å². The molecule has 2 saturated heterocycles. The number of hydrogen-bond donors (Lipinski definition) is 1. The van der Waals surface area contributed by atoms with E-state index >= 15 is 0 Å². The zero-order valence-electron chi connectivity index (χ0n) is 13.3. The molecule has 1 atom stereocenters. The summed E-state index contributed by atoms with van der Waals surface area (Å²) < 4.78 is 21.3. The fourth-order valence-corrected chi connectivity index (χ4v) is 2.77. The lowest BCUT2D eigenvalue weighted by Gasteiger charge is -2.30. The first-order valence-electron chi connectivity index (χ1n) is 6.94. The van der Waals surface area contributed by atoms with Crippen molar-refractivity contribution in [1.29, 1.82) is 0 Å². The Balaban J connectivity index is 2.07. The lowest BCUT2D eigenvalue weighted by Crippen LogP contribution is -2.43. The summed E-state index contributed by atoms with van der Waals surface area (Å²) in [6.45, 7) is 7.54. The van der Waals surface area contributed by atoms with Crippen molar-refractivity contribution < 1.29 is 28.5 Å². The van der Waals surface area contributed by atoms with Gasteiger partial charge in [-0.05, 0) is 20.1 Å². The van der Waals surface area contributed by atoms with E-state index in [9.17, 15) is 9.59 Å². The lowest BCUT2D eigenvalue weighted by molar-refractivity contribution is -0.222. The van der Waals surface area contributed by atoms with Crippen LogP contribution in [0.5, 0.6) is 0 Å². The van der Waals surface area contributed by atoms with Crippen LogP contribution in [0.15, 0.2) is 10.6 Å². The van der Waals surface area contributed by atoms with E-state index in [0.29, 0.717) is 18.2 Å². The molecule has 2 rings (SSSR count). The van der Waals surface area contributed by atoms with Crippen LogP contribution in [0.2, 0.25) is 0 Å². The molecule has 0 aromatic rings. The van der Waals surface area contributed by atoms with Crippen molar-refractivity contribution >= 4 is 23.7 Å². The van der Waals surface area contributed by atoms with E-state index in [1.807, 2.05) is 13.8 Å². The molecule has 22 heavy (non-hydrogen) atoms. The Morgan fingerprint density at radius 1 is 1.18 bits per heavy atom. The molecule has 0 aromatic heterocycles. The Labute approximate surface area is 133 Å². The molecule has 1 N–H and O–H groups in total. The number of thioether (sulfide) groups is 1. The van der Waals surface area contributed by atoms with Crippen LogP contribution in [-0.2, 0) is 28.5 Å². The first-order chi connectivity index (χ1) is 10.1. The minimum atomic E-state index is -1.24. The summed E-state index contributed by atoms with van der Waals surface area (Å²) in [6.07, 6.45) is 1.59. The van der Waals surface area contributed by atoms with Crippen molar-refractivity contribution in [2.24, 2.45) is 0 Å². The van der Waals surface area contributed by atoms with Crippen molar-refractivity contribution in [2.45, 2.75) is 45.4 Å². The molecule has 0 radical (unpaired) electrons. The number of carbonyl (C=O) groups is 2. The maximum atomic E-state index is 12.0. The normalized spacial score (nSPS) is 26.4. The molecule has 0 amide bonds. The molecule has 2 aliphatic heterocycles. The predicted octanol–water partition coefficient (Wildman–Crippen LogP) is 1.14. The van der Waals surface area contributed by atoms with Gasteiger partial charge >= 0.3 is 11.9 Å². The maximum Gasteiger partial charge on any atom is 0.351 e. The topological polar surface area (TPSA) is 83.1 Å². The molecule has 0 saturated carbocycles. The summed E-state index contributed by atoms with van der Waals surface area (Å²) >= 11 is 1.24. The average molecular weight is 331 g/mol. The highest BCUT2D eigenvalue weighted by Crippen LogP contribution is 2.27. The number of esters is 2. The number of ether oxygens (including phenoxy) is 4. The number of cyclic esters (lactones) is 2. The van der Waals surface area contributed by atoms with Gasteiger partial charge in [0.05, 0.1) is 11.6 Å². The average Bonchev–Trinajstić information content (AvgIpc) is 2.70. The fourth-order valence-electron chi connectivity index (χ4n) is 2.17. The minimum Gasteiger partial charge on any atom is -0.419 e. The Morgan fingerprint density at radius 3 is 2.23 bits per heavy atom. The van der Waals surface area contributed by atoms with E-state index in [0.717, 1.165) is 0 Å².